The quantitative estimate of drug-likeness (QED) is 0.843. The molecule has 7 heteroatoms. The Morgan fingerprint density at radius 1 is 1.41 bits per heavy atom. The van der Waals surface area contributed by atoms with E-state index in [4.69, 9.17) is 11.6 Å². The maximum absolute atomic E-state index is 13.3. The number of nitrogens with one attached hydrogen (secondary N) is 1. The van der Waals surface area contributed by atoms with Gasteiger partial charge in [0.2, 0.25) is 10.0 Å². The lowest BCUT2D eigenvalue weighted by atomic mass is 10.3. The van der Waals surface area contributed by atoms with Crippen LogP contribution < -0.4 is 4.72 Å². The average Bonchev–Trinajstić information content (AvgIpc) is 2.25. The van der Waals surface area contributed by atoms with E-state index in [2.05, 4.69) is 4.72 Å². The van der Waals surface area contributed by atoms with Gasteiger partial charge in [0, 0.05) is 18.0 Å². The third-order valence-electron chi connectivity index (χ3n) is 2.18. The van der Waals surface area contributed by atoms with Crippen molar-refractivity contribution in [2.24, 2.45) is 0 Å². The third-order valence-corrected chi connectivity index (χ3v) is 4.11. The molecule has 96 valence electrons. The molecule has 0 radical (unpaired) electrons. The van der Waals surface area contributed by atoms with Crippen LogP contribution in [-0.2, 0) is 10.0 Å². The molecule has 1 aromatic carbocycles. The zero-order valence-corrected chi connectivity index (χ0v) is 10.7. The predicted octanol–water partition coefficient (Wildman–Crippen LogP) is 2.26. The van der Waals surface area contributed by atoms with Crippen LogP contribution >= 0.6 is 11.6 Å². The topological polar surface area (TPSA) is 46.2 Å². The van der Waals surface area contributed by atoms with Gasteiger partial charge in [-0.05, 0) is 18.6 Å². The summed E-state index contributed by atoms with van der Waals surface area (Å²) in [5.41, 5.74) is 0. The maximum Gasteiger partial charge on any atom is 0.243 e. The van der Waals surface area contributed by atoms with Crippen LogP contribution in [0.25, 0.3) is 0 Å². The van der Waals surface area contributed by atoms with E-state index in [-0.39, 0.29) is 5.88 Å². The van der Waals surface area contributed by atoms with E-state index in [1.54, 1.807) is 6.92 Å². The molecule has 1 unspecified atom stereocenters. The standard InChI is InChI=1S/C10H12ClF2NO2S/c1-2-8(6-11)14-17(15,16)10-4-3-7(12)5-9(10)13/h3-5,8,14H,2,6H2,1H3. The summed E-state index contributed by atoms with van der Waals surface area (Å²) >= 11 is 5.55. The average molecular weight is 284 g/mol. The second-order valence-corrected chi connectivity index (χ2v) is 5.45. The number of hydrogen-bond donors (Lipinski definition) is 1. The van der Waals surface area contributed by atoms with Crippen molar-refractivity contribution in [3.05, 3.63) is 29.8 Å². The van der Waals surface area contributed by atoms with E-state index in [9.17, 15) is 17.2 Å². The van der Waals surface area contributed by atoms with Crippen LogP contribution in [-0.4, -0.2) is 20.3 Å². The van der Waals surface area contributed by atoms with E-state index in [0.29, 0.717) is 12.5 Å². The largest absolute Gasteiger partial charge is 0.243 e. The van der Waals surface area contributed by atoms with Crippen LogP contribution in [0.5, 0.6) is 0 Å². The molecule has 0 aliphatic carbocycles. The van der Waals surface area contributed by atoms with Gasteiger partial charge in [-0.25, -0.2) is 21.9 Å². The summed E-state index contributed by atoms with van der Waals surface area (Å²) in [4.78, 5) is -0.581. The number of rotatable bonds is 5. The maximum atomic E-state index is 13.3. The van der Waals surface area contributed by atoms with E-state index < -0.39 is 32.6 Å². The van der Waals surface area contributed by atoms with Crippen LogP contribution in [0.15, 0.2) is 23.1 Å². The number of sulfonamides is 1. The lowest BCUT2D eigenvalue weighted by molar-refractivity contribution is 0.532. The Kier molecular flexibility index (Phi) is 4.85. The fraction of sp³-hybridized carbons (Fsp3) is 0.400. The summed E-state index contributed by atoms with van der Waals surface area (Å²) in [5, 5.41) is 0. The van der Waals surface area contributed by atoms with Crippen molar-refractivity contribution in [3.63, 3.8) is 0 Å². The van der Waals surface area contributed by atoms with Crippen molar-refractivity contribution in [2.75, 3.05) is 5.88 Å². The smallest absolute Gasteiger partial charge is 0.207 e. The Hall–Kier alpha value is -0.720. The van der Waals surface area contributed by atoms with Crippen LogP contribution in [0.2, 0.25) is 0 Å². The highest BCUT2D eigenvalue weighted by atomic mass is 35.5. The molecule has 0 heterocycles. The Morgan fingerprint density at radius 3 is 2.53 bits per heavy atom. The Labute approximate surface area is 104 Å². The highest BCUT2D eigenvalue weighted by Crippen LogP contribution is 2.16. The van der Waals surface area contributed by atoms with Gasteiger partial charge in [0.05, 0.1) is 0 Å². The van der Waals surface area contributed by atoms with Crippen molar-refractivity contribution in [1.82, 2.24) is 4.72 Å². The summed E-state index contributed by atoms with van der Waals surface area (Å²) in [6.07, 6.45) is 0.478. The van der Waals surface area contributed by atoms with Gasteiger partial charge in [-0.1, -0.05) is 6.92 Å². The second kappa shape index (κ2) is 5.75. The van der Waals surface area contributed by atoms with Gasteiger partial charge in [0.15, 0.2) is 0 Å². The van der Waals surface area contributed by atoms with Crippen LogP contribution in [0, 0.1) is 11.6 Å². The Balaban J connectivity index is 3.05. The zero-order valence-electron chi connectivity index (χ0n) is 9.08. The van der Waals surface area contributed by atoms with E-state index >= 15 is 0 Å². The number of hydrogen-bond acceptors (Lipinski definition) is 2. The molecule has 0 spiro atoms. The minimum absolute atomic E-state index is 0.0819. The van der Waals surface area contributed by atoms with Crippen molar-refractivity contribution < 1.29 is 17.2 Å². The number of alkyl halides is 1. The van der Waals surface area contributed by atoms with Gasteiger partial charge < -0.3 is 0 Å². The molecular weight excluding hydrogens is 272 g/mol. The lowest BCUT2D eigenvalue weighted by Crippen LogP contribution is -2.36. The minimum atomic E-state index is -4.01. The monoisotopic (exact) mass is 283 g/mol. The SMILES string of the molecule is CCC(CCl)NS(=O)(=O)c1ccc(F)cc1F. The zero-order chi connectivity index (χ0) is 13.1. The molecular formula is C10H12ClF2NO2S. The van der Waals surface area contributed by atoms with Crippen molar-refractivity contribution in [3.8, 4) is 0 Å². The van der Waals surface area contributed by atoms with Gasteiger partial charge in [-0.3, -0.25) is 0 Å². The molecule has 0 bridgehead atoms. The first-order chi connectivity index (χ1) is 7.90. The molecule has 0 saturated carbocycles. The predicted molar refractivity (Wildman–Crippen MR) is 61.5 cm³/mol. The van der Waals surface area contributed by atoms with Crippen LogP contribution in [0.3, 0.4) is 0 Å². The summed E-state index contributed by atoms with van der Waals surface area (Å²) < 4.78 is 51.7. The molecule has 0 aromatic heterocycles. The molecule has 0 aliphatic heterocycles. The first-order valence-electron chi connectivity index (χ1n) is 4.94. The Morgan fingerprint density at radius 2 is 2.06 bits per heavy atom. The number of halogens is 3. The molecule has 1 N–H and O–H groups in total. The summed E-state index contributed by atoms with van der Waals surface area (Å²) in [5.74, 6) is -1.87. The van der Waals surface area contributed by atoms with Crippen molar-refractivity contribution in [2.45, 2.75) is 24.3 Å². The van der Waals surface area contributed by atoms with Crippen molar-refractivity contribution >= 4 is 21.6 Å². The summed E-state index contributed by atoms with van der Waals surface area (Å²) in [7, 11) is -4.01. The van der Waals surface area contributed by atoms with Crippen LogP contribution in [0.1, 0.15) is 13.3 Å². The Bertz CT molecular complexity index is 489. The summed E-state index contributed by atoms with van der Waals surface area (Å²) in [6.45, 7) is 1.75. The van der Waals surface area contributed by atoms with Gasteiger partial charge in [0.1, 0.15) is 16.5 Å². The molecule has 3 nitrogen and oxygen atoms in total. The first-order valence-corrected chi connectivity index (χ1v) is 6.95. The van der Waals surface area contributed by atoms with Gasteiger partial charge in [-0.2, -0.15) is 0 Å². The molecule has 0 amide bonds. The molecule has 0 fully saturated rings. The molecule has 0 saturated heterocycles. The molecule has 1 aromatic rings. The lowest BCUT2D eigenvalue weighted by Gasteiger charge is -2.14. The fourth-order valence-corrected chi connectivity index (χ4v) is 2.97. The minimum Gasteiger partial charge on any atom is -0.207 e. The third kappa shape index (κ3) is 3.62. The van der Waals surface area contributed by atoms with Crippen LogP contribution in [0.4, 0.5) is 8.78 Å². The van der Waals surface area contributed by atoms with E-state index in [1.165, 1.54) is 0 Å². The molecule has 0 aliphatic rings. The van der Waals surface area contributed by atoms with Crippen molar-refractivity contribution in [1.29, 1.82) is 0 Å². The van der Waals surface area contributed by atoms with E-state index in [0.717, 1.165) is 12.1 Å². The molecule has 1 rings (SSSR count). The van der Waals surface area contributed by atoms with E-state index in [1.807, 2.05) is 0 Å². The molecule has 1 atom stereocenters. The van der Waals surface area contributed by atoms with Gasteiger partial charge >= 0.3 is 0 Å². The van der Waals surface area contributed by atoms with Gasteiger partial charge in [-0.15, -0.1) is 11.6 Å². The number of benzene rings is 1. The van der Waals surface area contributed by atoms with Gasteiger partial charge in [0.25, 0.3) is 0 Å². The summed E-state index contributed by atoms with van der Waals surface area (Å²) in [6, 6.07) is 1.81. The highest BCUT2D eigenvalue weighted by molar-refractivity contribution is 7.89. The highest BCUT2D eigenvalue weighted by Gasteiger charge is 2.22. The fourth-order valence-electron chi connectivity index (χ4n) is 1.20. The normalized spacial score (nSPS) is 13.6. The first kappa shape index (κ1) is 14.3. The molecule has 17 heavy (non-hydrogen) atoms. The second-order valence-electron chi connectivity index (χ2n) is 3.46.